The smallest absolute Gasteiger partial charge is 0.438 e. The number of nitrogens with zero attached hydrogens (tertiary/aromatic N) is 2. The van der Waals surface area contributed by atoms with Crippen molar-refractivity contribution in [2.24, 2.45) is 0 Å². The van der Waals surface area contributed by atoms with Crippen LogP contribution in [-0.4, -0.2) is 22.1 Å². The number of para-hydroxylation sites is 2. The number of rotatable bonds is 6. The van der Waals surface area contributed by atoms with E-state index in [1.54, 1.807) is 58.0 Å². The third-order valence-corrected chi connectivity index (χ3v) is 5.22. The van der Waals surface area contributed by atoms with Crippen LogP contribution in [0.1, 0.15) is 43.1 Å². The van der Waals surface area contributed by atoms with E-state index < -0.39 is 29.4 Å². The van der Waals surface area contributed by atoms with Gasteiger partial charge < -0.3 is 10.1 Å². The first-order chi connectivity index (χ1) is 15.1. The first-order valence-corrected chi connectivity index (χ1v) is 10.2. The number of ether oxygens (including phenoxy) is 1. The number of carbonyl (C=O) groups excluding carboxylic acids is 1. The topological polar surface area (TPSA) is 73.2 Å². The lowest BCUT2D eigenvalue weighted by atomic mass is 10.1. The first-order valence-electron chi connectivity index (χ1n) is 10.2. The zero-order valence-electron chi connectivity index (χ0n) is 18.2. The molecule has 0 bridgehead atoms. The highest BCUT2D eigenvalue weighted by Gasteiger charge is 2.39. The van der Waals surface area contributed by atoms with E-state index in [4.69, 9.17) is 4.74 Å². The first kappa shape index (κ1) is 23.3. The number of carbonyl (C=O) groups is 1. The zero-order chi connectivity index (χ0) is 23.6. The second kappa shape index (κ2) is 9.02. The van der Waals surface area contributed by atoms with E-state index in [9.17, 15) is 22.8 Å². The maximum atomic E-state index is 13.6. The van der Waals surface area contributed by atoms with Crippen LogP contribution < -0.4 is 15.6 Å². The van der Waals surface area contributed by atoms with Crippen LogP contribution in [0.5, 0.6) is 5.75 Å². The molecule has 0 saturated heterocycles. The van der Waals surface area contributed by atoms with E-state index in [1.807, 2.05) is 0 Å². The van der Waals surface area contributed by atoms with Gasteiger partial charge in [-0.25, -0.2) is 4.98 Å². The summed E-state index contributed by atoms with van der Waals surface area (Å²) in [5.74, 6) is -0.201. The Kier molecular flexibility index (Phi) is 6.57. The Morgan fingerprint density at radius 2 is 1.81 bits per heavy atom. The number of fused-ring (bicyclic) bond motifs is 1. The number of nitrogens with one attached hydrogen (secondary N) is 1. The molecular weight excluding hydrogens is 423 g/mol. The molecule has 0 radical (unpaired) electrons. The summed E-state index contributed by atoms with van der Waals surface area (Å²) in [5.41, 5.74) is -0.863. The Bertz CT molecular complexity index is 1220. The molecule has 0 aliphatic carbocycles. The largest absolute Gasteiger partial charge is 0.492 e. The van der Waals surface area contributed by atoms with Gasteiger partial charge in [0, 0.05) is 0 Å². The molecule has 9 heteroatoms. The van der Waals surface area contributed by atoms with Gasteiger partial charge in [-0.1, -0.05) is 19.1 Å². The van der Waals surface area contributed by atoms with Crippen LogP contribution in [0.15, 0.2) is 41.2 Å². The molecule has 0 spiro atoms. The number of benzene rings is 2. The number of hydrogen-bond donors (Lipinski definition) is 1. The predicted molar refractivity (Wildman–Crippen MR) is 116 cm³/mol. The monoisotopic (exact) mass is 447 g/mol. The van der Waals surface area contributed by atoms with Crippen molar-refractivity contribution in [3.63, 3.8) is 0 Å². The molecule has 0 unspecified atom stereocenters. The van der Waals surface area contributed by atoms with Crippen molar-refractivity contribution in [2.45, 2.75) is 46.3 Å². The summed E-state index contributed by atoms with van der Waals surface area (Å²) in [5, 5.41) is 2.70. The molecule has 0 fully saturated rings. The minimum Gasteiger partial charge on any atom is -0.492 e. The molecule has 32 heavy (non-hydrogen) atoms. The average Bonchev–Trinajstić information content (AvgIpc) is 2.72. The summed E-state index contributed by atoms with van der Waals surface area (Å²) in [6.07, 6.45) is -4.87. The minimum absolute atomic E-state index is 0.000918. The fourth-order valence-corrected chi connectivity index (χ4v) is 3.51. The summed E-state index contributed by atoms with van der Waals surface area (Å²) in [4.78, 5) is 29.7. The standard InChI is InChI=1S/C23H24F3N3O3/c1-5-17(21(30)28-15-9-7-8-10-19(15)32-6-2)29-18-12-14(4)13(3)11-16(18)27-20(22(29)31)23(24,25)26/h7-12,17H,5-6H2,1-4H3,(H,28,30)/t17-/m0/s1. The van der Waals surface area contributed by atoms with Gasteiger partial charge in [-0.05, 0) is 62.6 Å². The highest BCUT2D eigenvalue weighted by Crippen LogP contribution is 2.30. The van der Waals surface area contributed by atoms with Crippen LogP contribution in [0.25, 0.3) is 11.0 Å². The molecule has 1 N–H and O–H groups in total. The van der Waals surface area contributed by atoms with E-state index in [0.29, 0.717) is 18.0 Å². The maximum Gasteiger partial charge on any atom is 0.438 e. The van der Waals surface area contributed by atoms with Crippen molar-refractivity contribution >= 4 is 22.6 Å². The van der Waals surface area contributed by atoms with Crippen LogP contribution in [0.2, 0.25) is 0 Å². The van der Waals surface area contributed by atoms with E-state index in [-0.39, 0.29) is 17.5 Å². The molecule has 1 aromatic heterocycles. The predicted octanol–water partition coefficient (Wildman–Crippen LogP) is 5.02. The third-order valence-electron chi connectivity index (χ3n) is 5.22. The quantitative estimate of drug-likeness (QED) is 0.576. The Balaban J connectivity index is 2.19. The van der Waals surface area contributed by atoms with Gasteiger partial charge in [-0.15, -0.1) is 0 Å². The lowest BCUT2D eigenvalue weighted by molar-refractivity contribution is -0.142. The van der Waals surface area contributed by atoms with Crippen molar-refractivity contribution in [2.75, 3.05) is 11.9 Å². The molecule has 3 aromatic rings. The van der Waals surface area contributed by atoms with E-state index >= 15 is 0 Å². The Morgan fingerprint density at radius 1 is 1.16 bits per heavy atom. The Hall–Kier alpha value is -3.36. The molecule has 0 saturated carbocycles. The van der Waals surface area contributed by atoms with Gasteiger partial charge in [0.1, 0.15) is 11.8 Å². The SMILES string of the molecule is CCOc1ccccc1NC(=O)[C@H](CC)n1c(=O)c(C(F)(F)F)nc2cc(C)c(C)cc21. The minimum atomic E-state index is -4.96. The molecule has 1 amide bonds. The normalized spacial score (nSPS) is 12.6. The summed E-state index contributed by atoms with van der Waals surface area (Å²) in [6, 6.07) is 8.61. The summed E-state index contributed by atoms with van der Waals surface area (Å²) < 4.78 is 47.2. The number of anilines is 1. The molecule has 1 heterocycles. The number of aromatic nitrogens is 2. The number of halogens is 3. The number of hydrogen-bond acceptors (Lipinski definition) is 4. The van der Waals surface area contributed by atoms with Gasteiger partial charge >= 0.3 is 6.18 Å². The third kappa shape index (κ3) is 4.46. The lowest BCUT2D eigenvalue weighted by Crippen LogP contribution is -2.37. The average molecular weight is 447 g/mol. The molecule has 3 rings (SSSR count). The molecular formula is C23H24F3N3O3. The summed E-state index contributed by atoms with van der Waals surface area (Å²) in [6.45, 7) is 7.31. The maximum absolute atomic E-state index is 13.6. The van der Waals surface area contributed by atoms with Crippen molar-refractivity contribution in [1.29, 1.82) is 0 Å². The fourth-order valence-electron chi connectivity index (χ4n) is 3.51. The second-order valence-electron chi connectivity index (χ2n) is 7.40. The molecule has 2 aromatic carbocycles. The highest BCUT2D eigenvalue weighted by molar-refractivity contribution is 5.96. The van der Waals surface area contributed by atoms with Crippen LogP contribution in [0.3, 0.4) is 0 Å². The number of aryl methyl sites for hydroxylation is 2. The fraction of sp³-hybridized carbons (Fsp3) is 0.348. The van der Waals surface area contributed by atoms with Crippen molar-refractivity contribution in [3.05, 3.63) is 63.6 Å². The zero-order valence-corrected chi connectivity index (χ0v) is 18.2. The Labute approximate surface area is 183 Å². The molecule has 0 aliphatic rings. The van der Waals surface area contributed by atoms with Crippen molar-refractivity contribution in [3.8, 4) is 5.75 Å². The van der Waals surface area contributed by atoms with Gasteiger partial charge in [0.2, 0.25) is 11.6 Å². The van der Waals surface area contributed by atoms with E-state index in [1.165, 1.54) is 6.07 Å². The van der Waals surface area contributed by atoms with Crippen LogP contribution in [-0.2, 0) is 11.0 Å². The summed E-state index contributed by atoms with van der Waals surface area (Å²) >= 11 is 0. The summed E-state index contributed by atoms with van der Waals surface area (Å²) in [7, 11) is 0. The van der Waals surface area contributed by atoms with E-state index in [0.717, 1.165) is 15.7 Å². The molecule has 6 nitrogen and oxygen atoms in total. The second-order valence-corrected chi connectivity index (χ2v) is 7.40. The van der Waals surface area contributed by atoms with Gasteiger partial charge in [-0.3, -0.25) is 14.2 Å². The van der Waals surface area contributed by atoms with Crippen molar-refractivity contribution < 1.29 is 22.7 Å². The lowest BCUT2D eigenvalue weighted by Gasteiger charge is -2.22. The highest BCUT2D eigenvalue weighted by atomic mass is 19.4. The van der Waals surface area contributed by atoms with Crippen LogP contribution in [0, 0.1) is 13.8 Å². The molecule has 170 valence electrons. The van der Waals surface area contributed by atoms with Gasteiger partial charge in [-0.2, -0.15) is 13.2 Å². The van der Waals surface area contributed by atoms with Gasteiger partial charge in [0.15, 0.2) is 0 Å². The molecule has 0 aliphatic heterocycles. The van der Waals surface area contributed by atoms with Gasteiger partial charge in [0.25, 0.3) is 5.56 Å². The van der Waals surface area contributed by atoms with Crippen LogP contribution >= 0.6 is 0 Å². The van der Waals surface area contributed by atoms with Crippen LogP contribution in [0.4, 0.5) is 18.9 Å². The Morgan fingerprint density at radius 3 is 2.44 bits per heavy atom. The number of amides is 1. The molecule has 1 atom stereocenters. The van der Waals surface area contributed by atoms with Gasteiger partial charge in [0.05, 0.1) is 23.3 Å². The van der Waals surface area contributed by atoms with Crippen molar-refractivity contribution in [1.82, 2.24) is 9.55 Å². The van der Waals surface area contributed by atoms with E-state index in [2.05, 4.69) is 10.3 Å². The number of alkyl halides is 3.